The molecule has 1 unspecified atom stereocenters. The van der Waals surface area contributed by atoms with Gasteiger partial charge in [-0.25, -0.2) is 0 Å². The fourth-order valence-electron chi connectivity index (χ4n) is 2.35. The van der Waals surface area contributed by atoms with Crippen molar-refractivity contribution in [1.82, 2.24) is 0 Å². The van der Waals surface area contributed by atoms with E-state index in [1.54, 1.807) is 13.2 Å². The summed E-state index contributed by atoms with van der Waals surface area (Å²) in [5.74, 6) is 0.885. The van der Waals surface area contributed by atoms with E-state index < -0.39 is 0 Å². The Morgan fingerprint density at radius 3 is 2.68 bits per heavy atom. The van der Waals surface area contributed by atoms with E-state index >= 15 is 0 Å². The molecule has 1 aliphatic heterocycles. The Morgan fingerprint density at radius 1 is 1.16 bits per heavy atom. The van der Waals surface area contributed by atoms with Crippen LogP contribution in [0.3, 0.4) is 0 Å². The van der Waals surface area contributed by atoms with E-state index in [0.717, 1.165) is 11.1 Å². The lowest BCUT2D eigenvalue weighted by Crippen LogP contribution is -2.25. The van der Waals surface area contributed by atoms with Crippen LogP contribution >= 0.6 is 0 Å². The van der Waals surface area contributed by atoms with E-state index in [-0.39, 0.29) is 11.9 Å². The van der Waals surface area contributed by atoms with Crippen LogP contribution in [0, 0.1) is 0 Å². The van der Waals surface area contributed by atoms with Gasteiger partial charge in [0.1, 0.15) is 11.5 Å². The molecule has 0 saturated heterocycles. The van der Waals surface area contributed by atoms with Crippen molar-refractivity contribution in [2.45, 2.75) is 12.3 Å². The number of ether oxygens (including phenoxy) is 2. The van der Waals surface area contributed by atoms with Crippen molar-refractivity contribution >= 4 is 5.97 Å². The van der Waals surface area contributed by atoms with Gasteiger partial charge in [-0.05, 0) is 23.6 Å². The summed E-state index contributed by atoms with van der Waals surface area (Å²) in [6, 6.07) is 15.3. The van der Waals surface area contributed by atoms with E-state index in [9.17, 15) is 4.79 Å². The molecule has 96 valence electrons. The van der Waals surface area contributed by atoms with Crippen molar-refractivity contribution < 1.29 is 14.3 Å². The lowest BCUT2D eigenvalue weighted by atomic mass is 9.90. The second-order valence-electron chi connectivity index (χ2n) is 4.56. The predicted octanol–water partition coefficient (Wildman–Crippen LogP) is 2.94. The third-order valence-electron chi connectivity index (χ3n) is 3.40. The number of benzene rings is 2. The summed E-state index contributed by atoms with van der Waals surface area (Å²) in [7, 11) is 1.60. The standard InChI is InChI=1S/C16H14O3/c1-18-13-8-7-12-9-14(11-5-3-2-4-6-11)16(17)19-15(12)10-13/h2-8,10,14H,9H2,1H3. The molecule has 0 radical (unpaired) electrons. The van der Waals surface area contributed by atoms with Gasteiger partial charge in [-0.15, -0.1) is 0 Å². The van der Waals surface area contributed by atoms with Crippen molar-refractivity contribution in [3.8, 4) is 11.5 Å². The van der Waals surface area contributed by atoms with Crippen molar-refractivity contribution in [3.63, 3.8) is 0 Å². The molecule has 0 saturated carbocycles. The van der Waals surface area contributed by atoms with Gasteiger partial charge in [0.25, 0.3) is 0 Å². The number of carbonyl (C=O) groups excluding carboxylic acids is 1. The highest BCUT2D eigenvalue weighted by Gasteiger charge is 2.29. The molecule has 1 aliphatic rings. The second-order valence-corrected chi connectivity index (χ2v) is 4.56. The van der Waals surface area contributed by atoms with Crippen LogP contribution in [0.1, 0.15) is 17.0 Å². The maximum Gasteiger partial charge on any atom is 0.319 e. The molecule has 19 heavy (non-hydrogen) atoms. The van der Waals surface area contributed by atoms with E-state index in [4.69, 9.17) is 9.47 Å². The Kier molecular flexibility index (Phi) is 2.95. The van der Waals surface area contributed by atoms with Gasteiger partial charge in [0.2, 0.25) is 0 Å². The summed E-state index contributed by atoms with van der Waals surface area (Å²) in [5.41, 5.74) is 2.03. The van der Waals surface area contributed by atoms with Crippen LogP contribution in [0.25, 0.3) is 0 Å². The van der Waals surface area contributed by atoms with Gasteiger partial charge in [0.05, 0.1) is 13.0 Å². The molecule has 1 atom stereocenters. The largest absolute Gasteiger partial charge is 0.497 e. The molecule has 0 fully saturated rings. The lowest BCUT2D eigenvalue weighted by molar-refractivity contribution is -0.137. The smallest absolute Gasteiger partial charge is 0.319 e. The number of rotatable bonds is 2. The maximum absolute atomic E-state index is 12.1. The fourth-order valence-corrected chi connectivity index (χ4v) is 2.35. The molecular weight excluding hydrogens is 240 g/mol. The topological polar surface area (TPSA) is 35.5 Å². The number of fused-ring (bicyclic) bond motifs is 1. The van der Waals surface area contributed by atoms with Crippen LogP contribution in [0.15, 0.2) is 48.5 Å². The van der Waals surface area contributed by atoms with Crippen LogP contribution in [-0.4, -0.2) is 13.1 Å². The van der Waals surface area contributed by atoms with Gasteiger partial charge in [-0.3, -0.25) is 4.79 Å². The SMILES string of the molecule is COc1ccc2c(c1)OC(=O)C(c1ccccc1)C2. The summed E-state index contributed by atoms with van der Waals surface area (Å²) in [6.45, 7) is 0. The zero-order valence-electron chi connectivity index (χ0n) is 10.6. The number of esters is 1. The highest BCUT2D eigenvalue weighted by atomic mass is 16.5. The van der Waals surface area contributed by atoms with Gasteiger partial charge in [-0.1, -0.05) is 36.4 Å². The molecule has 3 heteroatoms. The Balaban J connectivity index is 1.94. The van der Waals surface area contributed by atoms with Crippen LogP contribution in [0.2, 0.25) is 0 Å². The first-order valence-corrected chi connectivity index (χ1v) is 6.21. The normalized spacial score (nSPS) is 17.5. The minimum absolute atomic E-state index is 0.202. The van der Waals surface area contributed by atoms with Crippen LogP contribution in [-0.2, 0) is 11.2 Å². The maximum atomic E-state index is 12.1. The first kappa shape index (κ1) is 11.8. The molecule has 3 nitrogen and oxygen atoms in total. The first-order valence-electron chi connectivity index (χ1n) is 6.21. The Labute approximate surface area is 111 Å². The van der Waals surface area contributed by atoms with E-state index in [0.29, 0.717) is 17.9 Å². The van der Waals surface area contributed by atoms with E-state index in [1.807, 2.05) is 42.5 Å². The van der Waals surface area contributed by atoms with Crippen molar-refractivity contribution in [2.24, 2.45) is 0 Å². The quantitative estimate of drug-likeness (QED) is 0.610. The van der Waals surface area contributed by atoms with E-state index in [1.165, 1.54) is 0 Å². The molecule has 2 aromatic carbocycles. The Bertz CT molecular complexity index is 605. The number of carbonyl (C=O) groups is 1. The third kappa shape index (κ3) is 2.19. The Morgan fingerprint density at radius 2 is 1.95 bits per heavy atom. The minimum atomic E-state index is -0.220. The van der Waals surface area contributed by atoms with Gasteiger partial charge < -0.3 is 9.47 Å². The number of hydrogen-bond donors (Lipinski definition) is 0. The van der Waals surface area contributed by atoms with Crippen LogP contribution in [0.4, 0.5) is 0 Å². The second kappa shape index (κ2) is 4.76. The van der Waals surface area contributed by atoms with Gasteiger partial charge >= 0.3 is 5.97 Å². The molecule has 2 aromatic rings. The molecule has 1 heterocycles. The lowest BCUT2D eigenvalue weighted by Gasteiger charge is -2.23. The fraction of sp³-hybridized carbons (Fsp3) is 0.188. The molecule has 0 bridgehead atoms. The summed E-state index contributed by atoms with van der Waals surface area (Å²) in [5, 5.41) is 0. The van der Waals surface area contributed by atoms with Crippen molar-refractivity contribution in [1.29, 1.82) is 0 Å². The Hall–Kier alpha value is -2.29. The molecule has 0 N–H and O–H groups in total. The number of methoxy groups -OCH3 is 1. The minimum Gasteiger partial charge on any atom is -0.497 e. The third-order valence-corrected chi connectivity index (χ3v) is 3.40. The summed E-state index contributed by atoms with van der Waals surface area (Å²) < 4.78 is 10.6. The number of hydrogen-bond acceptors (Lipinski definition) is 3. The summed E-state index contributed by atoms with van der Waals surface area (Å²) in [4.78, 5) is 12.1. The van der Waals surface area contributed by atoms with Gasteiger partial charge in [-0.2, -0.15) is 0 Å². The average molecular weight is 254 g/mol. The monoisotopic (exact) mass is 254 g/mol. The van der Waals surface area contributed by atoms with Crippen LogP contribution < -0.4 is 9.47 Å². The van der Waals surface area contributed by atoms with Crippen LogP contribution in [0.5, 0.6) is 11.5 Å². The highest BCUT2D eigenvalue weighted by molar-refractivity contribution is 5.83. The first-order chi connectivity index (χ1) is 9.28. The van der Waals surface area contributed by atoms with Crippen molar-refractivity contribution in [2.75, 3.05) is 7.11 Å². The zero-order valence-corrected chi connectivity index (χ0v) is 10.6. The molecule has 0 aromatic heterocycles. The summed E-state index contributed by atoms with van der Waals surface area (Å²) >= 11 is 0. The molecule has 0 aliphatic carbocycles. The zero-order chi connectivity index (χ0) is 13.2. The molecule has 0 amide bonds. The predicted molar refractivity (Wildman–Crippen MR) is 71.5 cm³/mol. The van der Waals surface area contributed by atoms with Gasteiger partial charge in [0, 0.05) is 6.07 Å². The van der Waals surface area contributed by atoms with Gasteiger partial charge in [0.15, 0.2) is 0 Å². The molecular formula is C16H14O3. The van der Waals surface area contributed by atoms with Crippen molar-refractivity contribution in [3.05, 3.63) is 59.7 Å². The molecule has 0 spiro atoms. The average Bonchev–Trinajstić information content (AvgIpc) is 2.47. The summed E-state index contributed by atoms with van der Waals surface area (Å²) in [6.07, 6.45) is 0.669. The highest BCUT2D eigenvalue weighted by Crippen LogP contribution is 2.35. The molecule has 3 rings (SSSR count). The van der Waals surface area contributed by atoms with E-state index in [2.05, 4.69) is 0 Å².